The van der Waals surface area contributed by atoms with E-state index >= 15 is 0 Å². The molecule has 0 fully saturated rings. The van der Waals surface area contributed by atoms with Gasteiger partial charge in [-0.3, -0.25) is 9.48 Å². The quantitative estimate of drug-likeness (QED) is 0.778. The highest BCUT2D eigenvalue weighted by molar-refractivity contribution is 7.18. The molecule has 2 aromatic rings. The van der Waals surface area contributed by atoms with Crippen LogP contribution in [0.25, 0.3) is 0 Å². The first-order chi connectivity index (χ1) is 9.86. The van der Waals surface area contributed by atoms with Gasteiger partial charge in [0.15, 0.2) is 5.13 Å². The number of carbonyl (C=O) groups is 1. The Morgan fingerprint density at radius 3 is 2.81 bits per heavy atom. The Morgan fingerprint density at radius 2 is 2.24 bits per heavy atom. The van der Waals surface area contributed by atoms with Gasteiger partial charge in [0.1, 0.15) is 10.7 Å². The van der Waals surface area contributed by atoms with Gasteiger partial charge in [0, 0.05) is 31.4 Å². The molecule has 0 spiro atoms. The molecule has 0 aliphatic heterocycles. The van der Waals surface area contributed by atoms with Crippen LogP contribution >= 0.6 is 11.3 Å². The Labute approximate surface area is 127 Å². The third-order valence-electron chi connectivity index (χ3n) is 2.83. The summed E-state index contributed by atoms with van der Waals surface area (Å²) in [6.07, 6.45) is 1.89. The van der Waals surface area contributed by atoms with Crippen molar-refractivity contribution < 1.29 is 4.79 Å². The molecule has 0 saturated carbocycles. The van der Waals surface area contributed by atoms with Crippen molar-refractivity contribution in [1.82, 2.24) is 20.1 Å². The summed E-state index contributed by atoms with van der Waals surface area (Å²) < 4.78 is 1.72. The number of nitrogens with two attached hydrogens (primary N) is 1. The van der Waals surface area contributed by atoms with Crippen LogP contribution in [0, 0.1) is 6.92 Å². The Hall–Kier alpha value is -2.09. The predicted molar refractivity (Wildman–Crippen MR) is 84.4 cm³/mol. The van der Waals surface area contributed by atoms with E-state index in [-0.39, 0.29) is 17.8 Å². The molecule has 0 bridgehead atoms. The van der Waals surface area contributed by atoms with Crippen molar-refractivity contribution in [1.29, 1.82) is 0 Å². The number of hydrogen-bond acceptors (Lipinski definition) is 6. The molecule has 2 aromatic heterocycles. The van der Waals surface area contributed by atoms with Crippen LogP contribution in [-0.4, -0.2) is 26.7 Å². The normalized spacial score (nSPS) is 10.9. The van der Waals surface area contributed by atoms with Gasteiger partial charge in [-0.1, -0.05) is 11.3 Å². The number of rotatable bonds is 5. The molecular weight excluding hydrogens is 288 g/mol. The molecule has 0 unspecified atom stereocenters. The number of amides is 1. The third kappa shape index (κ3) is 3.72. The van der Waals surface area contributed by atoms with Crippen molar-refractivity contribution in [2.75, 3.05) is 11.1 Å². The van der Waals surface area contributed by atoms with Crippen molar-refractivity contribution in [3.05, 3.63) is 22.3 Å². The van der Waals surface area contributed by atoms with Crippen molar-refractivity contribution in [3.63, 3.8) is 0 Å². The predicted octanol–water partition coefficient (Wildman–Crippen LogP) is 1.52. The average molecular weight is 308 g/mol. The minimum atomic E-state index is -0.218. The number of hydrogen-bond donors (Lipinski definition) is 3. The fourth-order valence-corrected chi connectivity index (χ4v) is 2.83. The summed E-state index contributed by atoms with van der Waals surface area (Å²) in [7, 11) is 1.85. The second kappa shape index (κ2) is 6.13. The molecule has 0 atom stereocenters. The van der Waals surface area contributed by atoms with Gasteiger partial charge in [-0.25, -0.2) is 4.98 Å². The molecular formula is C13H20N6OS. The summed E-state index contributed by atoms with van der Waals surface area (Å²) >= 11 is 1.26. The van der Waals surface area contributed by atoms with E-state index in [0.29, 0.717) is 16.6 Å². The van der Waals surface area contributed by atoms with Crippen molar-refractivity contribution in [2.24, 2.45) is 7.05 Å². The molecule has 1 amide bonds. The summed E-state index contributed by atoms with van der Waals surface area (Å²) in [4.78, 5) is 16.8. The van der Waals surface area contributed by atoms with Crippen LogP contribution in [0.5, 0.6) is 0 Å². The Morgan fingerprint density at radius 1 is 1.52 bits per heavy atom. The summed E-state index contributed by atoms with van der Waals surface area (Å²) in [6, 6.07) is 0.240. The molecule has 0 aromatic carbocycles. The number of anilines is 2. The van der Waals surface area contributed by atoms with E-state index in [2.05, 4.69) is 20.7 Å². The maximum Gasteiger partial charge on any atom is 0.265 e. The minimum Gasteiger partial charge on any atom is -0.382 e. The van der Waals surface area contributed by atoms with Gasteiger partial charge in [0.25, 0.3) is 5.91 Å². The summed E-state index contributed by atoms with van der Waals surface area (Å²) in [5.74, 6) is 0.0358. The number of thiazole rings is 1. The zero-order valence-corrected chi connectivity index (χ0v) is 13.4. The number of nitrogens with one attached hydrogen (secondary N) is 2. The SMILES string of the molecule is Cc1nn(C)cc1CNC(=O)c1sc(NC(C)C)nc1N. The first-order valence-electron chi connectivity index (χ1n) is 6.67. The largest absolute Gasteiger partial charge is 0.382 e. The highest BCUT2D eigenvalue weighted by atomic mass is 32.1. The van der Waals surface area contributed by atoms with Crippen molar-refractivity contribution >= 4 is 28.2 Å². The second-order valence-corrected chi connectivity index (χ2v) is 6.13. The van der Waals surface area contributed by atoms with Crippen LogP contribution < -0.4 is 16.4 Å². The van der Waals surface area contributed by atoms with Crippen LogP contribution in [0.2, 0.25) is 0 Å². The van der Waals surface area contributed by atoms with E-state index < -0.39 is 0 Å². The molecule has 8 heteroatoms. The average Bonchev–Trinajstić information content (AvgIpc) is 2.88. The van der Waals surface area contributed by atoms with Gasteiger partial charge < -0.3 is 16.4 Å². The zero-order valence-electron chi connectivity index (χ0n) is 12.6. The second-order valence-electron chi connectivity index (χ2n) is 5.13. The molecule has 0 radical (unpaired) electrons. The standard InChI is InChI=1S/C13H20N6OS/c1-7(2)16-13-17-11(14)10(21-13)12(20)15-5-9-6-19(4)18-8(9)3/h6-7H,5,14H2,1-4H3,(H,15,20)(H,16,17). The molecule has 0 aliphatic carbocycles. The van der Waals surface area contributed by atoms with Gasteiger partial charge in [0.05, 0.1) is 5.69 Å². The lowest BCUT2D eigenvalue weighted by atomic mass is 10.2. The number of nitrogens with zero attached hydrogens (tertiary/aromatic N) is 3. The fourth-order valence-electron chi connectivity index (χ4n) is 1.88. The van der Waals surface area contributed by atoms with E-state index in [1.165, 1.54) is 11.3 Å². The molecule has 2 heterocycles. The van der Waals surface area contributed by atoms with Gasteiger partial charge >= 0.3 is 0 Å². The van der Waals surface area contributed by atoms with E-state index in [0.717, 1.165) is 11.3 Å². The van der Waals surface area contributed by atoms with Gasteiger partial charge in [0.2, 0.25) is 0 Å². The number of aryl methyl sites for hydroxylation is 2. The van der Waals surface area contributed by atoms with Crippen LogP contribution in [0.3, 0.4) is 0 Å². The molecule has 7 nitrogen and oxygen atoms in total. The van der Waals surface area contributed by atoms with Crippen LogP contribution in [-0.2, 0) is 13.6 Å². The topological polar surface area (TPSA) is 97.9 Å². The molecule has 0 saturated heterocycles. The van der Waals surface area contributed by atoms with Crippen LogP contribution in [0.4, 0.5) is 10.9 Å². The maximum atomic E-state index is 12.2. The Kier molecular flexibility index (Phi) is 4.46. The maximum absolute atomic E-state index is 12.2. The molecule has 21 heavy (non-hydrogen) atoms. The lowest BCUT2D eigenvalue weighted by molar-refractivity contribution is 0.0955. The molecule has 114 valence electrons. The Balaban J connectivity index is 2.03. The Bertz CT molecular complexity index is 645. The summed E-state index contributed by atoms with van der Waals surface area (Å²) in [5.41, 5.74) is 7.68. The van der Waals surface area contributed by atoms with Crippen LogP contribution in [0.1, 0.15) is 34.8 Å². The minimum absolute atomic E-state index is 0.218. The van der Waals surface area contributed by atoms with E-state index in [1.54, 1.807) is 4.68 Å². The van der Waals surface area contributed by atoms with Gasteiger partial charge in [-0.15, -0.1) is 0 Å². The van der Waals surface area contributed by atoms with Crippen molar-refractivity contribution in [2.45, 2.75) is 33.4 Å². The zero-order chi connectivity index (χ0) is 15.6. The van der Waals surface area contributed by atoms with E-state index in [1.807, 2.05) is 34.0 Å². The van der Waals surface area contributed by atoms with Gasteiger partial charge in [-0.2, -0.15) is 5.10 Å². The number of carbonyl (C=O) groups excluding carboxylic acids is 1. The molecule has 4 N–H and O–H groups in total. The molecule has 2 rings (SSSR count). The monoisotopic (exact) mass is 308 g/mol. The first kappa shape index (κ1) is 15.3. The fraction of sp³-hybridized carbons (Fsp3) is 0.462. The van der Waals surface area contributed by atoms with Crippen molar-refractivity contribution in [3.8, 4) is 0 Å². The van der Waals surface area contributed by atoms with E-state index in [4.69, 9.17) is 5.73 Å². The first-order valence-corrected chi connectivity index (χ1v) is 7.48. The number of nitrogen functional groups attached to an aromatic ring is 1. The van der Waals surface area contributed by atoms with E-state index in [9.17, 15) is 4.79 Å². The third-order valence-corrected chi connectivity index (χ3v) is 3.83. The highest BCUT2D eigenvalue weighted by Gasteiger charge is 2.17. The molecule has 0 aliphatic rings. The summed E-state index contributed by atoms with van der Waals surface area (Å²) in [5, 5.41) is 10.9. The van der Waals surface area contributed by atoms with Gasteiger partial charge in [-0.05, 0) is 20.8 Å². The van der Waals surface area contributed by atoms with Crippen LogP contribution in [0.15, 0.2) is 6.20 Å². The highest BCUT2D eigenvalue weighted by Crippen LogP contribution is 2.25. The number of aromatic nitrogens is 3. The summed E-state index contributed by atoms with van der Waals surface area (Å²) in [6.45, 7) is 6.33. The smallest absolute Gasteiger partial charge is 0.265 e. The lowest BCUT2D eigenvalue weighted by Gasteiger charge is -2.04. The lowest BCUT2D eigenvalue weighted by Crippen LogP contribution is -2.22.